The van der Waals surface area contributed by atoms with Gasteiger partial charge in [-0.1, -0.05) is 19.8 Å². The van der Waals surface area contributed by atoms with Gasteiger partial charge in [0.1, 0.15) is 0 Å². The molecule has 1 aliphatic carbocycles. The maximum Gasteiger partial charge on any atom is 0.230 e. The van der Waals surface area contributed by atoms with Gasteiger partial charge in [-0.25, -0.2) is 0 Å². The van der Waals surface area contributed by atoms with Crippen molar-refractivity contribution in [1.29, 1.82) is 0 Å². The van der Waals surface area contributed by atoms with Crippen molar-refractivity contribution < 1.29 is 9.59 Å². The highest BCUT2D eigenvalue weighted by Gasteiger charge is 2.38. The van der Waals surface area contributed by atoms with Crippen LogP contribution < -0.4 is 0 Å². The average molecular weight is 194 g/mol. The van der Waals surface area contributed by atoms with E-state index in [1.807, 2.05) is 0 Å². The van der Waals surface area contributed by atoms with Crippen molar-refractivity contribution in [3.05, 3.63) is 6.04 Å². The lowest BCUT2D eigenvalue weighted by atomic mass is 9.85. The third-order valence-corrected chi connectivity index (χ3v) is 3.23. The summed E-state index contributed by atoms with van der Waals surface area (Å²) in [7, 11) is 0. The minimum absolute atomic E-state index is 0.0127. The Morgan fingerprint density at radius 1 is 1.07 bits per heavy atom. The van der Waals surface area contributed by atoms with E-state index in [4.69, 9.17) is 0 Å². The highest BCUT2D eigenvalue weighted by atomic mass is 16.2. The van der Waals surface area contributed by atoms with E-state index in [1.165, 1.54) is 11.3 Å². The van der Waals surface area contributed by atoms with Crippen LogP contribution >= 0.6 is 0 Å². The fraction of sp³-hybridized carbons (Fsp3) is 0.727. The monoisotopic (exact) mass is 194 g/mol. The van der Waals surface area contributed by atoms with Gasteiger partial charge < -0.3 is 0 Å². The van der Waals surface area contributed by atoms with Crippen LogP contribution in [0.25, 0.3) is 0 Å². The van der Waals surface area contributed by atoms with Gasteiger partial charge in [0.05, 0.1) is 6.04 Å². The Hall–Kier alpha value is -0.860. The summed E-state index contributed by atoms with van der Waals surface area (Å²) in [5.74, 6) is 0.437. The number of rotatable bonds is 1. The molecule has 2 amide bonds. The number of imide groups is 1. The first-order valence-corrected chi connectivity index (χ1v) is 5.41. The summed E-state index contributed by atoms with van der Waals surface area (Å²) in [6, 6.07) is 1.07. The summed E-state index contributed by atoms with van der Waals surface area (Å²) in [6.07, 6.45) is 5.22. The van der Waals surface area contributed by atoms with Gasteiger partial charge in [-0.15, -0.1) is 0 Å². The Balaban J connectivity index is 2.12. The molecule has 2 aliphatic rings. The molecule has 1 saturated heterocycles. The number of likely N-dealkylation sites (tertiary alicyclic amines) is 1. The lowest BCUT2D eigenvalue weighted by molar-refractivity contribution is -0.139. The molecule has 1 radical (unpaired) electrons. The number of carbonyl (C=O) groups excluding carboxylic acids is 2. The molecule has 0 aromatic rings. The standard InChI is InChI=1S/C11H16NO2/c1-8-4-2-3-5-9(8)12-10(13)6-7-11(12)14/h8H,2-7H2,1H3. The maximum absolute atomic E-state index is 11.5. The van der Waals surface area contributed by atoms with Crippen LogP contribution in [0.4, 0.5) is 0 Å². The van der Waals surface area contributed by atoms with Crippen molar-refractivity contribution in [2.75, 3.05) is 0 Å². The predicted molar refractivity (Wildman–Crippen MR) is 52.0 cm³/mol. The second-order valence-corrected chi connectivity index (χ2v) is 4.26. The first-order chi connectivity index (χ1) is 6.70. The Morgan fingerprint density at radius 2 is 1.71 bits per heavy atom. The quantitative estimate of drug-likeness (QED) is 0.598. The zero-order valence-corrected chi connectivity index (χ0v) is 8.58. The third-order valence-electron chi connectivity index (χ3n) is 3.23. The van der Waals surface area contributed by atoms with Crippen LogP contribution in [0.3, 0.4) is 0 Å². The smallest absolute Gasteiger partial charge is 0.230 e. The molecule has 0 spiro atoms. The Kier molecular flexibility index (Phi) is 2.57. The number of carbonyl (C=O) groups is 2. The molecule has 0 aromatic carbocycles. The molecule has 2 fully saturated rings. The van der Waals surface area contributed by atoms with Crippen molar-refractivity contribution in [2.24, 2.45) is 5.92 Å². The predicted octanol–water partition coefficient (Wildman–Crippen LogP) is 1.88. The maximum atomic E-state index is 11.5. The van der Waals surface area contributed by atoms with Gasteiger partial charge in [0.2, 0.25) is 11.8 Å². The number of hydrogen-bond acceptors (Lipinski definition) is 2. The largest absolute Gasteiger partial charge is 0.274 e. The van der Waals surface area contributed by atoms with Gasteiger partial charge in [0, 0.05) is 12.8 Å². The molecule has 1 unspecified atom stereocenters. The highest BCUT2D eigenvalue weighted by Crippen LogP contribution is 2.36. The molecule has 1 saturated carbocycles. The molecular formula is C11H16NO2. The van der Waals surface area contributed by atoms with E-state index >= 15 is 0 Å². The molecule has 0 bridgehead atoms. The second-order valence-electron chi connectivity index (χ2n) is 4.26. The normalized spacial score (nSPS) is 30.1. The van der Waals surface area contributed by atoms with E-state index in [1.54, 1.807) is 0 Å². The molecule has 14 heavy (non-hydrogen) atoms. The molecule has 2 rings (SSSR count). The molecule has 1 heterocycles. The van der Waals surface area contributed by atoms with Gasteiger partial charge in [-0.2, -0.15) is 0 Å². The van der Waals surface area contributed by atoms with Crippen LogP contribution in [0, 0.1) is 12.0 Å². The van der Waals surface area contributed by atoms with E-state index in [0.717, 1.165) is 25.3 Å². The van der Waals surface area contributed by atoms with Gasteiger partial charge in [-0.05, 0) is 18.8 Å². The molecule has 0 N–H and O–H groups in total. The minimum atomic E-state index is 0.0127. The zero-order chi connectivity index (χ0) is 10.1. The van der Waals surface area contributed by atoms with E-state index in [-0.39, 0.29) is 11.8 Å². The van der Waals surface area contributed by atoms with Gasteiger partial charge >= 0.3 is 0 Å². The molecule has 77 valence electrons. The fourth-order valence-electron chi connectivity index (χ4n) is 2.40. The summed E-state index contributed by atoms with van der Waals surface area (Å²) >= 11 is 0. The van der Waals surface area contributed by atoms with Crippen molar-refractivity contribution >= 4 is 11.8 Å². The summed E-state index contributed by atoms with van der Waals surface area (Å²) in [5, 5.41) is 0. The molecule has 3 nitrogen and oxygen atoms in total. The van der Waals surface area contributed by atoms with E-state index in [9.17, 15) is 9.59 Å². The number of nitrogens with zero attached hydrogens (tertiary/aromatic N) is 1. The molecular weight excluding hydrogens is 178 g/mol. The molecule has 3 heteroatoms. The first kappa shape index (κ1) is 9.69. The van der Waals surface area contributed by atoms with Crippen molar-refractivity contribution in [1.82, 2.24) is 4.90 Å². The third kappa shape index (κ3) is 1.56. The van der Waals surface area contributed by atoms with Crippen LogP contribution in [-0.4, -0.2) is 16.7 Å². The van der Waals surface area contributed by atoms with Crippen molar-refractivity contribution in [3.8, 4) is 0 Å². The fourth-order valence-corrected chi connectivity index (χ4v) is 2.40. The van der Waals surface area contributed by atoms with Crippen LogP contribution in [0.2, 0.25) is 0 Å². The van der Waals surface area contributed by atoms with Crippen LogP contribution in [0.1, 0.15) is 45.4 Å². The van der Waals surface area contributed by atoms with Gasteiger partial charge in [0.25, 0.3) is 0 Å². The first-order valence-electron chi connectivity index (χ1n) is 5.41. The SMILES string of the molecule is CC1CCCC[C]1N1C(=O)CCC1=O. The molecule has 1 aliphatic heterocycles. The summed E-state index contributed by atoms with van der Waals surface area (Å²) in [6.45, 7) is 2.12. The van der Waals surface area contributed by atoms with Crippen molar-refractivity contribution in [2.45, 2.75) is 45.4 Å². The van der Waals surface area contributed by atoms with Crippen LogP contribution in [0.5, 0.6) is 0 Å². The second kappa shape index (κ2) is 3.71. The van der Waals surface area contributed by atoms with E-state index in [0.29, 0.717) is 18.8 Å². The Labute approximate surface area is 84.5 Å². The van der Waals surface area contributed by atoms with Gasteiger partial charge in [0.15, 0.2) is 0 Å². The lowest BCUT2D eigenvalue weighted by Crippen LogP contribution is -2.38. The Bertz CT molecular complexity index is 246. The highest BCUT2D eigenvalue weighted by molar-refractivity contribution is 6.03. The lowest BCUT2D eigenvalue weighted by Gasteiger charge is -2.33. The summed E-state index contributed by atoms with van der Waals surface area (Å²) in [5.41, 5.74) is 0. The number of hydrogen-bond donors (Lipinski definition) is 0. The molecule has 0 aromatic heterocycles. The van der Waals surface area contributed by atoms with E-state index in [2.05, 4.69) is 6.92 Å². The van der Waals surface area contributed by atoms with E-state index < -0.39 is 0 Å². The topological polar surface area (TPSA) is 37.4 Å². The minimum Gasteiger partial charge on any atom is -0.274 e. The zero-order valence-electron chi connectivity index (χ0n) is 8.58. The van der Waals surface area contributed by atoms with Gasteiger partial charge in [-0.3, -0.25) is 14.5 Å². The average Bonchev–Trinajstić information content (AvgIpc) is 2.48. The Morgan fingerprint density at radius 3 is 2.29 bits per heavy atom. The summed E-state index contributed by atoms with van der Waals surface area (Å²) < 4.78 is 0. The van der Waals surface area contributed by atoms with Crippen LogP contribution in [0.15, 0.2) is 0 Å². The molecule has 1 atom stereocenters. The summed E-state index contributed by atoms with van der Waals surface area (Å²) in [4.78, 5) is 24.5. The van der Waals surface area contributed by atoms with Crippen molar-refractivity contribution in [3.63, 3.8) is 0 Å². The van der Waals surface area contributed by atoms with Crippen LogP contribution in [-0.2, 0) is 9.59 Å². The number of amides is 2.